The Bertz CT molecular complexity index is 1120. The molecule has 8 heteroatoms. The molecule has 2 fully saturated rings. The monoisotopic (exact) mass is 447 g/mol. The van der Waals surface area contributed by atoms with Crippen molar-refractivity contribution in [3.05, 3.63) is 64.7 Å². The third kappa shape index (κ3) is 3.86. The maximum atomic E-state index is 13.1. The van der Waals surface area contributed by atoms with E-state index in [9.17, 15) is 19.2 Å². The van der Waals surface area contributed by atoms with Gasteiger partial charge in [-0.15, -0.1) is 0 Å². The number of rotatable bonds is 7. The van der Waals surface area contributed by atoms with Gasteiger partial charge in [0.2, 0.25) is 5.91 Å². The van der Waals surface area contributed by atoms with Crippen LogP contribution >= 0.6 is 0 Å². The van der Waals surface area contributed by atoms with E-state index in [-0.39, 0.29) is 29.8 Å². The largest absolute Gasteiger partial charge is 0.493 e. The van der Waals surface area contributed by atoms with Gasteiger partial charge < -0.3 is 15.0 Å². The minimum atomic E-state index is -0.549. The van der Waals surface area contributed by atoms with Crippen LogP contribution in [0.5, 0.6) is 5.75 Å². The summed E-state index contributed by atoms with van der Waals surface area (Å²) < 4.78 is 5.63. The number of nitrogens with zero attached hydrogens (tertiary/aromatic N) is 2. The van der Waals surface area contributed by atoms with E-state index in [2.05, 4.69) is 5.32 Å². The molecule has 170 valence electrons. The molecular weight excluding hydrogens is 422 g/mol. The SMILES string of the molecule is CCOc1ccc(CN2C(=O)c3ccccc3C2=O)cc1C(=O)NC1CCN(C2CC2)C1=O. The highest BCUT2D eigenvalue weighted by Crippen LogP contribution is 2.31. The lowest BCUT2D eigenvalue weighted by Crippen LogP contribution is -2.42. The summed E-state index contributed by atoms with van der Waals surface area (Å²) in [5, 5.41) is 2.85. The molecule has 8 nitrogen and oxygen atoms in total. The molecular formula is C25H25N3O5. The topological polar surface area (TPSA) is 96.0 Å². The van der Waals surface area contributed by atoms with Crippen molar-refractivity contribution in [2.45, 2.75) is 44.8 Å². The smallest absolute Gasteiger partial charge is 0.261 e. The van der Waals surface area contributed by atoms with Crippen LogP contribution < -0.4 is 10.1 Å². The van der Waals surface area contributed by atoms with Crippen LogP contribution in [0, 0.1) is 0 Å². The van der Waals surface area contributed by atoms with Crippen LogP contribution in [0.2, 0.25) is 0 Å². The second-order valence-corrected chi connectivity index (χ2v) is 8.58. The van der Waals surface area contributed by atoms with Crippen molar-refractivity contribution < 1.29 is 23.9 Å². The molecule has 33 heavy (non-hydrogen) atoms. The number of hydrogen-bond acceptors (Lipinski definition) is 5. The third-order valence-corrected chi connectivity index (χ3v) is 6.34. The third-order valence-electron chi connectivity index (χ3n) is 6.34. The van der Waals surface area contributed by atoms with Crippen LogP contribution in [0.25, 0.3) is 0 Å². The van der Waals surface area contributed by atoms with Gasteiger partial charge >= 0.3 is 0 Å². The van der Waals surface area contributed by atoms with Crippen molar-refractivity contribution in [2.24, 2.45) is 0 Å². The average Bonchev–Trinajstić information content (AvgIpc) is 3.56. The van der Waals surface area contributed by atoms with Gasteiger partial charge in [-0.05, 0) is 56.0 Å². The molecule has 2 aromatic carbocycles. The number of hydrogen-bond donors (Lipinski definition) is 1. The molecule has 2 heterocycles. The Morgan fingerprint density at radius 2 is 1.73 bits per heavy atom. The Kier molecular flexibility index (Phi) is 5.36. The lowest BCUT2D eigenvalue weighted by Gasteiger charge is -2.18. The summed E-state index contributed by atoms with van der Waals surface area (Å²) in [5.41, 5.74) is 1.66. The highest BCUT2D eigenvalue weighted by Gasteiger charge is 2.41. The second-order valence-electron chi connectivity index (χ2n) is 8.58. The maximum absolute atomic E-state index is 13.1. The number of fused-ring (bicyclic) bond motifs is 1. The van der Waals surface area contributed by atoms with Gasteiger partial charge in [-0.1, -0.05) is 18.2 Å². The predicted molar refractivity (Wildman–Crippen MR) is 119 cm³/mol. The van der Waals surface area contributed by atoms with Crippen LogP contribution in [-0.4, -0.2) is 58.7 Å². The van der Waals surface area contributed by atoms with E-state index in [1.165, 1.54) is 4.90 Å². The van der Waals surface area contributed by atoms with E-state index >= 15 is 0 Å². The number of carbonyl (C=O) groups is 4. The summed E-state index contributed by atoms with van der Waals surface area (Å²) in [6.45, 7) is 2.89. The van der Waals surface area contributed by atoms with Gasteiger partial charge in [-0.2, -0.15) is 0 Å². The molecule has 3 aliphatic rings. The average molecular weight is 447 g/mol. The van der Waals surface area contributed by atoms with Crippen LogP contribution in [0.4, 0.5) is 0 Å². The molecule has 2 aliphatic heterocycles. The standard InChI is InChI=1S/C25H25N3O5/c1-2-33-21-10-7-15(14-28-23(30)17-5-3-4-6-18(17)24(28)31)13-19(21)22(29)26-20-11-12-27(25(20)32)16-8-9-16/h3-7,10,13,16,20H,2,8-9,11-12,14H2,1H3,(H,26,29). The predicted octanol–water partition coefficient (Wildman–Crippen LogP) is 2.37. The van der Waals surface area contributed by atoms with Crippen LogP contribution in [-0.2, 0) is 11.3 Å². The van der Waals surface area contributed by atoms with Crippen molar-refractivity contribution in [1.82, 2.24) is 15.1 Å². The molecule has 1 N–H and O–H groups in total. The van der Waals surface area contributed by atoms with Crippen molar-refractivity contribution in [3.63, 3.8) is 0 Å². The van der Waals surface area contributed by atoms with Crippen molar-refractivity contribution in [2.75, 3.05) is 13.2 Å². The molecule has 0 radical (unpaired) electrons. The highest BCUT2D eigenvalue weighted by molar-refractivity contribution is 6.21. The number of nitrogens with one attached hydrogen (secondary N) is 1. The number of imide groups is 1. The Balaban J connectivity index is 1.35. The van der Waals surface area contributed by atoms with Crippen molar-refractivity contribution >= 4 is 23.6 Å². The van der Waals surface area contributed by atoms with Crippen molar-refractivity contribution in [1.29, 1.82) is 0 Å². The zero-order valence-corrected chi connectivity index (χ0v) is 18.4. The summed E-state index contributed by atoms with van der Waals surface area (Å²) in [5.74, 6) is -0.755. The Morgan fingerprint density at radius 3 is 2.36 bits per heavy atom. The fraction of sp³-hybridized carbons (Fsp3) is 0.360. The van der Waals surface area contributed by atoms with E-state index in [0.29, 0.717) is 48.1 Å². The van der Waals surface area contributed by atoms with E-state index < -0.39 is 11.9 Å². The Labute approximate surface area is 191 Å². The summed E-state index contributed by atoms with van der Waals surface area (Å²) in [6.07, 6.45) is 2.64. The lowest BCUT2D eigenvalue weighted by molar-refractivity contribution is -0.129. The quantitative estimate of drug-likeness (QED) is 0.658. The number of carbonyl (C=O) groups excluding carboxylic acids is 4. The molecule has 5 rings (SSSR count). The van der Waals surface area contributed by atoms with Gasteiger partial charge in [0.1, 0.15) is 11.8 Å². The van der Waals surface area contributed by atoms with Crippen LogP contribution in [0.15, 0.2) is 42.5 Å². The minimum Gasteiger partial charge on any atom is -0.493 e. The van der Waals surface area contributed by atoms with Crippen LogP contribution in [0.1, 0.15) is 62.8 Å². The van der Waals surface area contributed by atoms with Gasteiger partial charge in [0.25, 0.3) is 17.7 Å². The van der Waals surface area contributed by atoms with E-state index in [0.717, 1.165) is 12.8 Å². The first kappa shape index (κ1) is 21.2. The number of benzene rings is 2. The second kappa shape index (κ2) is 8.35. The van der Waals surface area contributed by atoms with Gasteiger partial charge in [-0.3, -0.25) is 24.1 Å². The Hall–Kier alpha value is -3.68. The maximum Gasteiger partial charge on any atom is 0.261 e. The molecule has 1 saturated heterocycles. The first-order valence-electron chi connectivity index (χ1n) is 11.3. The van der Waals surface area contributed by atoms with Crippen molar-refractivity contribution in [3.8, 4) is 5.75 Å². The Morgan fingerprint density at radius 1 is 1.03 bits per heavy atom. The molecule has 1 saturated carbocycles. The number of ether oxygens (including phenoxy) is 1. The fourth-order valence-corrected chi connectivity index (χ4v) is 4.52. The molecule has 0 bridgehead atoms. The first-order valence-corrected chi connectivity index (χ1v) is 11.3. The van der Waals surface area contributed by atoms with E-state index in [1.807, 2.05) is 11.8 Å². The lowest BCUT2D eigenvalue weighted by atomic mass is 10.1. The number of amides is 4. The summed E-state index contributed by atoms with van der Waals surface area (Å²) >= 11 is 0. The first-order chi connectivity index (χ1) is 16.0. The van der Waals surface area contributed by atoms with Gasteiger partial charge in [0, 0.05) is 12.6 Å². The molecule has 1 aliphatic carbocycles. The zero-order chi connectivity index (χ0) is 23.1. The molecule has 1 atom stereocenters. The van der Waals surface area contributed by atoms with Gasteiger partial charge in [-0.25, -0.2) is 0 Å². The minimum absolute atomic E-state index is 0.0361. The summed E-state index contributed by atoms with van der Waals surface area (Å²) in [4.78, 5) is 54.2. The summed E-state index contributed by atoms with van der Waals surface area (Å²) in [7, 11) is 0. The van der Waals surface area contributed by atoms with E-state index in [1.54, 1.807) is 42.5 Å². The molecule has 0 aromatic heterocycles. The molecule has 4 amide bonds. The highest BCUT2D eigenvalue weighted by atomic mass is 16.5. The van der Waals surface area contributed by atoms with Gasteiger partial charge in [0.15, 0.2) is 0 Å². The van der Waals surface area contributed by atoms with Gasteiger partial charge in [0.05, 0.1) is 29.8 Å². The van der Waals surface area contributed by atoms with Crippen LogP contribution in [0.3, 0.4) is 0 Å². The van der Waals surface area contributed by atoms with E-state index in [4.69, 9.17) is 4.74 Å². The molecule has 1 unspecified atom stereocenters. The summed E-state index contributed by atoms with van der Waals surface area (Å²) in [6, 6.07) is 11.5. The molecule has 2 aromatic rings. The fourth-order valence-electron chi connectivity index (χ4n) is 4.52. The molecule has 0 spiro atoms. The normalized spacial score (nSPS) is 19.8. The number of likely N-dealkylation sites (tertiary alicyclic amines) is 1. The zero-order valence-electron chi connectivity index (χ0n) is 18.4.